The van der Waals surface area contributed by atoms with Crippen LogP contribution in [0.15, 0.2) is 47.2 Å². The monoisotopic (exact) mass is 484 g/mol. The molecule has 4 rings (SSSR count). The lowest BCUT2D eigenvalue weighted by molar-refractivity contribution is -0.137. The first-order valence-corrected chi connectivity index (χ1v) is 11.6. The maximum atomic E-state index is 13.1. The largest absolute Gasteiger partial charge is 0.338 e. The van der Waals surface area contributed by atoms with E-state index in [9.17, 15) is 4.79 Å². The Kier molecular flexibility index (Phi) is 6.57. The predicted molar refractivity (Wildman–Crippen MR) is 124 cm³/mol. The molecule has 3 aromatic rings. The highest BCUT2D eigenvalue weighted by Gasteiger charge is 2.28. The van der Waals surface area contributed by atoms with Gasteiger partial charge in [-0.1, -0.05) is 25.1 Å². The van der Waals surface area contributed by atoms with Gasteiger partial charge in [-0.3, -0.25) is 14.4 Å². The van der Waals surface area contributed by atoms with Gasteiger partial charge >= 0.3 is 0 Å². The highest BCUT2D eigenvalue weighted by atomic mass is 79.9. The Labute approximate surface area is 191 Å². The number of amides is 1. The van der Waals surface area contributed by atoms with Gasteiger partial charge in [-0.05, 0) is 48.3 Å². The Morgan fingerprint density at radius 2 is 1.84 bits per heavy atom. The van der Waals surface area contributed by atoms with Crippen molar-refractivity contribution in [2.45, 2.75) is 39.8 Å². The molecule has 0 spiro atoms. The van der Waals surface area contributed by atoms with Crippen molar-refractivity contribution in [3.8, 4) is 5.69 Å². The van der Waals surface area contributed by atoms with E-state index >= 15 is 0 Å². The third-order valence-electron chi connectivity index (χ3n) is 6.07. The minimum atomic E-state index is -0.244. The zero-order chi connectivity index (χ0) is 22.0. The zero-order valence-electron chi connectivity index (χ0n) is 18.3. The molecule has 0 N–H and O–H groups in total. The number of rotatable bonds is 6. The number of aromatic nitrogens is 4. The van der Waals surface area contributed by atoms with Gasteiger partial charge in [0.05, 0.1) is 22.1 Å². The van der Waals surface area contributed by atoms with Crippen LogP contribution in [0.5, 0.6) is 0 Å². The van der Waals surface area contributed by atoms with E-state index in [1.165, 1.54) is 11.3 Å². The molecule has 1 saturated heterocycles. The lowest BCUT2D eigenvalue weighted by Crippen LogP contribution is -2.50. The van der Waals surface area contributed by atoms with Crippen LogP contribution in [0, 0.1) is 13.8 Å². The quantitative estimate of drug-likeness (QED) is 0.534. The summed E-state index contributed by atoms with van der Waals surface area (Å²) < 4.78 is 4.69. The summed E-state index contributed by atoms with van der Waals surface area (Å²) in [5, 5.41) is 9.09. The number of halogens is 1. The van der Waals surface area contributed by atoms with E-state index < -0.39 is 0 Å². The highest BCUT2D eigenvalue weighted by Crippen LogP contribution is 2.22. The fraction of sp³-hybridized carbons (Fsp3) is 0.435. The van der Waals surface area contributed by atoms with E-state index in [1.54, 1.807) is 10.9 Å². The number of carbonyl (C=O) groups excluding carboxylic acids is 1. The van der Waals surface area contributed by atoms with Gasteiger partial charge in [-0.25, -0.2) is 4.68 Å². The summed E-state index contributed by atoms with van der Waals surface area (Å²) in [6, 6.07) is 10.0. The topological polar surface area (TPSA) is 59.2 Å². The molecule has 1 aromatic carbocycles. The summed E-state index contributed by atoms with van der Waals surface area (Å²) >= 11 is 3.42. The molecule has 1 atom stereocenters. The van der Waals surface area contributed by atoms with Gasteiger partial charge in [-0.2, -0.15) is 10.2 Å². The molecule has 1 fully saturated rings. The Hall–Kier alpha value is -2.45. The molecule has 1 aliphatic heterocycles. The van der Waals surface area contributed by atoms with Crippen molar-refractivity contribution in [3.63, 3.8) is 0 Å². The van der Waals surface area contributed by atoms with Gasteiger partial charge in [0.25, 0.3) is 0 Å². The second-order valence-corrected chi connectivity index (χ2v) is 8.98. The number of aryl methyl sites for hydroxylation is 1. The average Bonchev–Trinajstić information content (AvgIpc) is 3.33. The van der Waals surface area contributed by atoms with Crippen LogP contribution in [-0.4, -0.2) is 61.4 Å². The standard InChI is InChI=1S/C23H29BrN6O/c1-4-22(29-15-19(24)14-25-29)23(31)28-12-10-27(11-13-28)16-21-17(2)26-30(18(21)3)20-8-6-5-7-9-20/h5-9,14-15,22H,4,10-13,16H2,1-3H3. The maximum Gasteiger partial charge on any atom is 0.247 e. The van der Waals surface area contributed by atoms with Crippen LogP contribution < -0.4 is 0 Å². The number of hydrogen-bond donors (Lipinski definition) is 0. The maximum absolute atomic E-state index is 13.1. The summed E-state index contributed by atoms with van der Waals surface area (Å²) in [4.78, 5) is 17.5. The van der Waals surface area contributed by atoms with Gasteiger partial charge in [0.2, 0.25) is 5.91 Å². The normalized spacial score (nSPS) is 15.9. The van der Waals surface area contributed by atoms with Crippen molar-refractivity contribution in [1.82, 2.24) is 29.4 Å². The summed E-state index contributed by atoms with van der Waals surface area (Å²) in [6.45, 7) is 10.3. The molecule has 3 heterocycles. The molecule has 0 saturated carbocycles. The fourth-order valence-corrected chi connectivity index (χ4v) is 4.55. The molecule has 1 amide bonds. The van der Waals surface area contributed by atoms with Gasteiger partial charge in [0, 0.05) is 50.2 Å². The Morgan fingerprint density at radius 3 is 2.45 bits per heavy atom. The SMILES string of the molecule is CCC(C(=O)N1CCN(Cc2c(C)nn(-c3ccccc3)c2C)CC1)n1cc(Br)cn1. The van der Waals surface area contributed by atoms with Gasteiger partial charge < -0.3 is 4.90 Å². The molecule has 0 radical (unpaired) electrons. The van der Waals surface area contributed by atoms with Crippen LogP contribution in [0.2, 0.25) is 0 Å². The van der Waals surface area contributed by atoms with Gasteiger partial charge in [0.1, 0.15) is 6.04 Å². The molecule has 7 nitrogen and oxygen atoms in total. The van der Waals surface area contributed by atoms with E-state index in [1.807, 2.05) is 40.9 Å². The molecule has 1 unspecified atom stereocenters. The van der Waals surface area contributed by atoms with Crippen LogP contribution in [0.25, 0.3) is 5.69 Å². The number of para-hydroxylation sites is 1. The lowest BCUT2D eigenvalue weighted by Gasteiger charge is -2.36. The number of carbonyl (C=O) groups is 1. The van der Waals surface area contributed by atoms with Crippen LogP contribution in [-0.2, 0) is 11.3 Å². The van der Waals surface area contributed by atoms with Crippen molar-refractivity contribution >= 4 is 21.8 Å². The van der Waals surface area contributed by atoms with Crippen molar-refractivity contribution in [2.24, 2.45) is 0 Å². The first kappa shape index (κ1) is 21.8. The fourth-order valence-electron chi connectivity index (χ4n) is 4.25. The van der Waals surface area contributed by atoms with Gasteiger partial charge in [-0.15, -0.1) is 0 Å². The van der Waals surface area contributed by atoms with E-state index in [2.05, 4.69) is 51.9 Å². The van der Waals surface area contributed by atoms with E-state index in [0.717, 1.165) is 55.0 Å². The van der Waals surface area contributed by atoms with Crippen LogP contribution in [0.3, 0.4) is 0 Å². The minimum absolute atomic E-state index is 0.155. The van der Waals surface area contributed by atoms with E-state index in [4.69, 9.17) is 5.10 Å². The van der Waals surface area contributed by atoms with Gasteiger partial charge in [0.15, 0.2) is 0 Å². The zero-order valence-corrected chi connectivity index (χ0v) is 19.9. The Bertz CT molecular complexity index is 1040. The molecular formula is C23H29BrN6O. The van der Waals surface area contributed by atoms with Crippen LogP contribution >= 0.6 is 15.9 Å². The summed E-state index contributed by atoms with van der Waals surface area (Å²) in [5.74, 6) is 0.155. The Balaban J connectivity index is 1.40. The average molecular weight is 485 g/mol. The minimum Gasteiger partial charge on any atom is -0.338 e. The molecule has 0 aliphatic carbocycles. The highest BCUT2D eigenvalue weighted by molar-refractivity contribution is 9.10. The molecule has 1 aliphatic rings. The number of nitrogens with zero attached hydrogens (tertiary/aromatic N) is 6. The number of piperazine rings is 1. The molecular weight excluding hydrogens is 456 g/mol. The van der Waals surface area contributed by atoms with E-state index in [-0.39, 0.29) is 11.9 Å². The molecule has 164 valence electrons. The van der Waals surface area contributed by atoms with Crippen LogP contribution in [0.4, 0.5) is 0 Å². The summed E-state index contributed by atoms with van der Waals surface area (Å²) in [6.07, 6.45) is 4.33. The Morgan fingerprint density at radius 1 is 1.13 bits per heavy atom. The summed E-state index contributed by atoms with van der Waals surface area (Å²) in [7, 11) is 0. The predicted octanol–water partition coefficient (Wildman–Crippen LogP) is 3.74. The molecule has 8 heteroatoms. The number of benzene rings is 1. The van der Waals surface area contributed by atoms with Crippen molar-refractivity contribution in [1.29, 1.82) is 0 Å². The second kappa shape index (κ2) is 9.36. The van der Waals surface area contributed by atoms with Crippen molar-refractivity contribution < 1.29 is 4.79 Å². The smallest absolute Gasteiger partial charge is 0.247 e. The van der Waals surface area contributed by atoms with Crippen molar-refractivity contribution in [2.75, 3.05) is 26.2 Å². The van der Waals surface area contributed by atoms with Crippen LogP contribution in [0.1, 0.15) is 36.3 Å². The second-order valence-electron chi connectivity index (χ2n) is 8.06. The third-order valence-corrected chi connectivity index (χ3v) is 6.48. The first-order chi connectivity index (χ1) is 15.0. The number of hydrogen-bond acceptors (Lipinski definition) is 4. The molecule has 0 bridgehead atoms. The van der Waals surface area contributed by atoms with E-state index in [0.29, 0.717) is 0 Å². The molecule has 31 heavy (non-hydrogen) atoms. The third kappa shape index (κ3) is 4.60. The summed E-state index contributed by atoms with van der Waals surface area (Å²) in [5.41, 5.74) is 4.60. The molecule has 2 aromatic heterocycles. The van der Waals surface area contributed by atoms with Crippen molar-refractivity contribution in [3.05, 3.63) is 64.1 Å². The lowest BCUT2D eigenvalue weighted by atomic mass is 10.1. The first-order valence-electron chi connectivity index (χ1n) is 10.8.